The second-order valence-corrected chi connectivity index (χ2v) is 9.86. The van der Waals surface area contributed by atoms with Crippen LogP contribution in [-0.4, -0.2) is 52.6 Å². The van der Waals surface area contributed by atoms with Gasteiger partial charge in [-0.2, -0.15) is 0 Å². The smallest absolute Gasteiger partial charge is 0.271 e. The Morgan fingerprint density at radius 1 is 1.37 bits per heavy atom. The highest BCUT2D eigenvalue weighted by Gasteiger charge is 2.48. The summed E-state index contributed by atoms with van der Waals surface area (Å²) in [5.74, 6) is 0.381. The average Bonchev–Trinajstić information content (AvgIpc) is 3.31. The first-order chi connectivity index (χ1) is 14.5. The number of amides is 2. The fourth-order valence-electron chi connectivity index (χ4n) is 4.95. The van der Waals surface area contributed by atoms with Crippen molar-refractivity contribution in [3.63, 3.8) is 0 Å². The Labute approximate surface area is 182 Å². The van der Waals surface area contributed by atoms with Crippen LogP contribution >= 0.6 is 11.3 Å². The van der Waals surface area contributed by atoms with Gasteiger partial charge < -0.3 is 19.5 Å². The molecule has 1 aliphatic carbocycles. The molecule has 0 saturated heterocycles. The molecular weight excluding hydrogens is 398 g/mol. The van der Waals surface area contributed by atoms with Crippen LogP contribution in [0.15, 0.2) is 17.5 Å². The maximum absolute atomic E-state index is 13.6. The van der Waals surface area contributed by atoms with Gasteiger partial charge in [-0.25, -0.2) is 0 Å². The number of aromatic nitrogens is 1. The molecule has 2 aromatic rings. The van der Waals surface area contributed by atoms with Gasteiger partial charge in [-0.1, -0.05) is 19.8 Å². The van der Waals surface area contributed by atoms with Crippen molar-refractivity contribution in [2.24, 2.45) is 5.92 Å². The Morgan fingerprint density at radius 3 is 2.93 bits per heavy atom. The molecule has 2 amide bonds. The summed E-state index contributed by atoms with van der Waals surface area (Å²) in [6.07, 6.45) is 5.27. The van der Waals surface area contributed by atoms with E-state index in [1.54, 1.807) is 16.2 Å². The molecule has 2 aromatic heterocycles. The SMILES string of the molecule is CCOCCCN1C(=O)c2cc3sccc3n2C[C@]1(C)C(=O)N[C@@H]1CCCC[C@H]1C. The predicted octanol–water partition coefficient (Wildman–Crippen LogP) is 4.04. The minimum absolute atomic E-state index is 0.0336. The summed E-state index contributed by atoms with van der Waals surface area (Å²) in [7, 11) is 0. The van der Waals surface area contributed by atoms with Crippen molar-refractivity contribution in [2.75, 3.05) is 19.8 Å². The molecule has 0 radical (unpaired) electrons. The lowest BCUT2D eigenvalue weighted by Gasteiger charge is -2.45. The quantitative estimate of drug-likeness (QED) is 0.673. The van der Waals surface area contributed by atoms with Crippen molar-refractivity contribution in [3.05, 3.63) is 23.2 Å². The van der Waals surface area contributed by atoms with Crippen molar-refractivity contribution in [3.8, 4) is 0 Å². The Hall–Kier alpha value is -1.86. The normalized spacial score (nSPS) is 26.8. The number of ether oxygens (including phenoxy) is 1. The molecule has 0 spiro atoms. The molecule has 3 atom stereocenters. The first kappa shape index (κ1) is 21.4. The van der Waals surface area contributed by atoms with E-state index in [-0.39, 0.29) is 17.9 Å². The summed E-state index contributed by atoms with van der Waals surface area (Å²) < 4.78 is 8.62. The third-order valence-corrected chi connectivity index (χ3v) is 7.69. The monoisotopic (exact) mass is 431 g/mol. The molecule has 2 aliphatic rings. The molecule has 1 N–H and O–H groups in total. The average molecular weight is 432 g/mol. The van der Waals surface area contributed by atoms with Gasteiger partial charge in [0.2, 0.25) is 5.91 Å². The Morgan fingerprint density at radius 2 is 2.17 bits per heavy atom. The highest BCUT2D eigenvalue weighted by atomic mass is 32.1. The highest BCUT2D eigenvalue weighted by molar-refractivity contribution is 7.17. The van der Waals surface area contributed by atoms with Gasteiger partial charge in [-0.05, 0) is 56.5 Å². The number of nitrogens with zero attached hydrogens (tertiary/aromatic N) is 2. The molecule has 4 rings (SSSR count). The third kappa shape index (κ3) is 3.78. The minimum Gasteiger partial charge on any atom is -0.382 e. The van der Waals surface area contributed by atoms with Gasteiger partial charge in [0.25, 0.3) is 5.91 Å². The summed E-state index contributed by atoms with van der Waals surface area (Å²) >= 11 is 1.63. The molecule has 164 valence electrons. The largest absolute Gasteiger partial charge is 0.382 e. The van der Waals surface area contributed by atoms with E-state index in [4.69, 9.17) is 4.74 Å². The van der Waals surface area contributed by atoms with Crippen LogP contribution in [0.25, 0.3) is 10.2 Å². The summed E-state index contributed by atoms with van der Waals surface area (Å²) in [6.45, 7) is 8.36. The Balaban J connectivity index is 1.63. The highest BCUT2D eigenvalue weighted by Crippen LogP contribution is 2.35. The van der Waals surface area contributed by atoms with Crippen molar-refractivity contribution in [1.29, 1.82) is 0 Å². The van der Waals surface area contributed by atoms with Gasteiger partial charge in [0.05, 0.1) is 16.8 Å². The van der Waals surface area contributed by atoms with E-state index < -0.39 is 5.54 Å². The first-order valence-electron chi connectivity index (χ1n) is 11.2. The van der Waals surface area contributed by atoms with E-state index >= 15 is 0 Å². The zero-order valence-electron chi connectivity index (χ0n) is 18.3. The van der Waals surface area contributed by atoms with Crippen LogP contribution in [0.5, 0.6) is 0 Å². The van der Waals surface area contributed by atoms with E-state index in [1.165, 1.54) is 6.42 Å². The second-order valence-electron chi connectivity index (χ2n) is 8.91. The van der Waals surface area contributed by atoms with Crippen molar-refractivity contribution in [2.45, 2.75) is 71.0 Å². The number of carbonyl (C=O) groups excluding carboxylic acids is 2. The molecule has 1 aliphatic heterocycles. The molecule has 7 heteroatoms. The molecule has 1 fully saturated rings. The lowest BCUT2D eigenvalue weighted by molar-refractivity contribution is -0.134. The Kier molecular flexibility index (Phi) is 6.21. The van der Waals surface area contributed by atoms with Gasteiger partial charge in [-0.3, -0.25) is 9.59 Å². The number of carbonyl (C=O) groups is 2. The zero-order chi connectivity index (χ0) is 21.3. The van der Waals surface area contributed by atoms with Crippen LogP contribution in [0.1, 0.15) is 63.4 Å². The fraction of sp³-hybridized carbons (Fsp3) is 0.652. The maximum Gasteiger partial charge on any atom is 0.271 e. The first-order valence-corrected chi connectivity index (χ1v) is 12.1. The molecule has 30 heavy (non-hydrogen) atoms. The van der Waals surface area contributed by atoms with Crippen LogP contribution in [0.2, 0.25) is 0 Å². The molecule has 0 bridgehead atoms. The van der Waals surface area contributed by atoms with Crippen LogP contribution < -0.4 is 5.32 Å². The number of nitrogens with one attached hydrogen (secondary N) is 1. The van der Waals surface area contributed by atoms with Crippen LogP contribution in [0.3, 0.4) is 0 Å². The molecule has 1 saturated carbocycles. The molecule has 3 heterocycles. The summed E-state index contributed by atoms with van der Waals surface area (Å²) in [5.41, 5.74) is 0.813. The predicted molar refractivity (Wildman–Crippen MR) is 120 cm³/mol. The van der Waals surface area contributed by atoms with Crippen molar-refractivity contribution >= 4 is 33.4 Å². The lowest BCUT2D eigenvalue weighted by atomic mass is 9.85. The molecule has 0 aromatic carbocycles. The van der Waals surface area contributed by atoms with Crippen molar-refractivity contribution in [1.82, 2.24) is 14.8 Å². The van der Waals surface area contributed by atoms with Gasteiger partial charge in [0.15, 0.2) is 0 Å². The Bertz CT molecular complexity index is 920. The van der Waals surface area contributed by atoms with E-state index in [0.717, 1.165) is 35.9 Å². The van der Waals surface area contributed by atoms with Crippen LogP contribution in [0, 0.1) is 5.92 Å². The number of thiophene rings is 1. The number of hydrogen-bond acceptors (Lipinski definition) is 4. The van der Waals surface area contributed by atoms with E-state index in [1.807, 2.05) is 35.9 Å². The summed E-state index contributed by atoms with van der Waals surface area (Å²) in [6, 6.07) is 4.21. The lowest BCUT2D eigenvalue weighted by Crippen LogP contribution is -2.65. The number of fused-ring (bicyclic) bond motifs is 3. The van der Waals surface area contributed by atoms with Gasteiger partial charge in [0.1, 0.15) is 11.2 Å². The number of rotatable bonds is 7. The summed E-state index contributed by atoms with van der Waals surface area (Å²) in [4.78, 5) is 28.9. The maximum atomic E-state index is 13.6. The zero-order valence-corrected chi connectivity index (χ0v) is 19.1. The second kappa shape index (κ2) is 8.71. The van der Waals surface area contributed by atoms with Gasteiger partial charge in [-0.15, -0.1) is 11.3 Å². The van der Waals surface area contributed by atoms with E-state index in [9.17, 15) is 9.59 Å². The van der Waals surface area contributed by atoms with Crippen molar-refractivity contribution < 1.29 is 14.3 Å². The fourth-order valence-corrected chi connectivity index (χ4v) is 5.77. The van der Waals surface area contributed by atoms with E-state index in [0.29, 0.717) is 37.9 Å². The van der Waals surface area contributed by atoms with Gasteiger partial charge in [0, 0.05) is 25.8 Å². The van der Waals surface area contributed by atoms with Crippen LogP contribution in [-0.2, 0) is 16.1 Å². The minimum atomic E-state index is -0.915. The van der Waals surface area contributed by atoms with E-state index in [2.05, 4.69) is 12.2 Å². The summed E-state index contributed by atoms with van der Waals surface area (Å²) in [5, 5.41) is 5.36. The van der Waals surface area contributed by atoms with Crippen LogP contribution in [0.4, 0.5) is 0 Å². The molecule has 0 unspecified atom stereocenters. The number of hydrogen-bond donors (Lipinski definition) is 1. The van der Waals surface area contributed by atoms with Gasteiger partial charge >= 0.3 is 0 Å². The standard InChI is InChI=1S/C23H33N3O3S/c1-4-29-12-7-11-26-21(27)19-14-20-18(10-13-30-20)25(19)15-23(26,3)22(28)24-17-9-6-5-8-16(17)2/h10,13-14,16-17H,4-9,11-12,15H2,1-3H3,(H,24,28)/t16-,17-,23-/m1/s1. The third-order valence-electron chi connectivity index (χ3n) is 6.84. The topological polar surface area (TPSA) is 63.6 Å². The molecular formula is C23H33N3O3S. The molecule has 6 nitrogen and oxygen atoms in total.